The molecule has 1 saturated carbocycles. The number of halogens is 1. The van der Waals surface area contributed by atoms with Gasteiger partial charge in [0, 0.05) is 11.7 Å². The van der Waals surface area contributed by atoms with Gasteiger partial charge in [0.15, 0.2) is 0 Å². The van der Waals surface area contributed by atoms with Gasteiger partial charge in [0.2, 0.25) is 0 Å². The van der Waals surface area contributed by atoms with Crippen LogP contribution in [-0.2, 0) is 5.54 Å². The summed E-state index contributed by atoms with van der Waals surface area (Å²) in [5.41, 5.74) is 7.28. The first-order chi connectivity index (χ1) is 8.12. The van der Waals surface area contributed by atoms with Crippen molar-refractivity contribution in [2.45, 2.75) is 52.5 Å². The molecule has 1 aliphatic carbocycles. The molecular formula is C15H23FN2. The zero-order valence-corrected chi connectivity index (χ0v) is 11.8. The zero-order valence-electron chi connectivity index (χ0n) is 11.8. The van der Waals surface area contributed by atoms with Gasteiger partial charge in [-0.15, -0.1) is 0 Å². The maximum atomic E-state index is 13.4. The molecule has 0 bridgehead atoms. The van der Waals surface area contributed by atoms with Crippen LogP contribution in [0.4, 0.5) is 4.39 Å². The van der Waals surface area contributed by atoms with E-state index < -0.39 is 5.54 Å². The van der Waals surface area contributed by atoms with Crippen LogP contribution in [0.25, 0.3) is 0 Å². The van der Waals surface area contributed by atoms with E-state index in [1.165, 1.54) is 12.3 Å². The fraction of sp³-hybridized carbons (Fsp3) is 0.667. The van der Waals surface area contributed by atoms with Gasteiger partial charge in [-0.3, -0.25) is 4.98 Å². The van der Waals surface area contributed by atoms with Crippen LogP contribution in [0.3, 0.4) is 0 Å². The number of hydrogen-bond acceptors (Lipinski definition) is 2. The smallest absolute Gasteiger partial charge is 0.141 e. The highest BCUT2D eigenvalue weighted by atomic mass is 19.1. The third kappa shape index (κ3) is 2.72. The maximum absolute atomic E-state index is 13.4. The summed E-state index contributed by atoms with van der Waals surface area (Å²) in [7, 11) is 0. The van der Waals surface area contributed by atoms with Gasteiger partial charge in [-0.05, 0) is 41.7 Å². The molecule has 3 heteroatoms. The number of nitrogens with zero attached hydrogens (tertiary/aromatic N) is 1. The average molecular weight is 250 g/mol. The van der Waals surface area contributed by atoms with Crippen molar-refractivity contribution in [3.8, 4) is 0 Å². The molecule has 1 heterocycles. The Morgan fingerprint density at radius 1 is 1.06 bits per heavy atom. The van der Waals surface area contributed by atoms with Crippen molar-refractivity contribution in [1.29, 1.82) is 0 Å². The van der Waals surface area contributed by atoms with E-state index in [0.717, 1.165) is 24.8 Å². The minimum Gasteiger partial charge on any atom is -0.321 e. The van der Waals surface area contributed by atoms with Gasteiger partial charge in [0.25, 0.3) is 0 Å². The molecule has 0 saturated heterocycles. The Morgan fingerprint density at radius 3 is 2.11 bits per heavy atom. The van der Waals surface area contributed by atoms with Gasteiger partial charge < -0.3 is 5.73 Å². The molecule has 100 valence electrons. The van der Waals surface area contributed by atoms with Crippen LogP contribution < -0.4 is 5.73 Å². The summed E-state index contributed by atoms with van der Waals surface area (Å²) in [5.74, 6) is -0.307. The minimum absolute atomic E-state index is 0.169. The molecule has 2 rings (SSSR count). The lowest BCUT2D eigenvalue weighted by Gasteiger charge is -2.50. The van der Waals surface area contributed by atoms with Crippen molar-refractivity contribution < 1.29 is 4.39 Å². The van der Waals surface area contributed by atoms with E-state index in [9.17, 15) is 4.39 Å². The second kappa shape index (κ2) is 4.02. The number of nitrogens with two attached hydrogens (primary N) is 1. The van der Waals surface area contributed by atoms with Crippen molar-refractivity contribution in [1.82, 2.24) is 4.98 Å². The predicted molar refractivity (Wildman–Crippen MR) is 71.5 cm³/mol. The number of rotatable bonds is 1. The molecule has 1 aromatic rings. The van der Waals surface area contributed by atoms with Crippen LogP contribution in [0, 0.1) is 16.6 Å². The molecule has 0 radical (unpaired) electrons. The maximum Gasteiger partial charge on any atom is 0.141 e. The Hall–Kier alpha value is -0.960. The highest BCUT2D eigenvalue weighted by Crippen LogP contribution is 2.52. The fourth-order valence-corrected chi connectivity index (χ4v) is 4.08. The number of aromatic nitrogens is 1. The summed E-state index contributed by atoms with van der Waals surface area (Å²) in [4.78, 5) is 3.95. The van der Waals surface area contributed by atoms with Gasteiger partial charge in [-0.1, -0.05) is 27.7 Å². The zero-order chi connectivity index (χ0) is 13.6. The van der Waals surface area contributed by atoms with Crippen LogP contribution in [0.15, 0.2) is 18.5 Å². The molecule has 0 spiro atoms. The summed E-state index contributed by atoms with van der Waals surface area (Å²) < 4.78 is 13.4. The number of hydrogen-bond donors (Lipinski definition) is 1. The fourth-order valence-electron chi connectivity index (χ4n) is 4.08. The van der Waals surface area contributed by atoms with Crippen molar-refractivity contribution in [2.24, 2.45) is 16.6 Å². The first kappa shape index (κ1) is 13.5. The van der Waals surface area contributed by atoms with Crippen molar-refractivity contribution in [2.75, 3.05) is 0 Å². The van der Waals surface area contributed by atoms with Crippen LogP contribution in [0.2, 0.25) is 0 Å². The summed E-state index contributed by atoms with van der Waals surface area (Å²) in [6, 6.07) is 1.53. The third-order valence-electron chi connectivity index (χ3n) is 3.82. The molecule has 1 aromatic heterocycles. The summed E-state index contributed by atoms with van der Waals surface area (Å²) in [5, 5.41) is 0. The topological polar surface area (TPSA) is 38.9 Å². The second-order valence-electron chi connectivity index (χ2n) is 7.41. The predicted octanol–water partition coefficient (Wildman–Crippen LogP) is 3.61. The minimum atomic E-state index is -0.472. The molecule has 18 heavy (non-hydrogen) atoms. The highest BCUT2D eigenvalue weighted by Gasteiger charge is 2.46. The summed E-state index contributed by atoms with van der Waals surface area (Å²) in [6.07, 6.45) is 5.82. The standard InChI is InChI=1S/C15H23FN2/c1-13(2)8-14(3,4)10-15(17,9-13)11-5-12(16)7-18-6-11/h5-7H,8-10,17H2,1-4H3. The molecule has 2 nitrogen and oxygen atoms in total. The van der Waals surface area contributed by atoms with Crippen LogP contribution in [-0.4, -0.2) is 4.98 Å². The first-order valence-corrected chi connectivity index (χ1v) is 6.52. The van der Waals surface area contributed by atoms with E-state index in [1.54, 1.807) is 6.20 Å². The Morgan fingerprint density at radius 2 is 1.61 bits per heavy atom. The van der Waals surface area contributed by atoms with E-state index in [-0.39, 0.29) is 16.6 Å². The molecular weight excluding hydrogens is 227 g/mol. The largest absolute Gasteiger partial charge is 0.321 e. The van der Waals surface area contributed by atoms with Gasteiger partial charge in [-0.2, -0.15) is 0 Å². The van der Waals surface area contributed by atoms with E-state index in [2.05, 4.69) is 32.7 Å². The Bertz CT molecular complexity index is 436. The molecule has 0 atom stereocenters. The van der Waals surface area contributed by atoms with E-state index in [1.807, 2.05) is 0 Å². The van der Waals surface area contributed by atoms with Gasteiger partial charge in [0.1, 0.15) is 5.82 Å². The molecule has 0 amide bonds. The molecule has 0 unspecified atom stereocenters. The average Bonchev–Trinajstić information content (AvgIpc) is 2.11. The Balaban J connectivity index is 2.41. The molecule has 2 N–H and O–H groups in total. The normalized spacial score (nSPS) is 24.8. The second-order valence-corrected chi connectivity index (χ2v) is 7.41. The summed E-state index contributed by atoms with van der Waals surface area (Å²) >= 11 is 0. The van der Waals surface area contributed by atoms with Gasteiger partial charge in [0.05, 0.1) is 6.20 Å². The van der Waals surface area contributed by atoms with Gasteiger partial charge >= 0.3 is 0 Å². The molecule has 1 fully saturated rings. The Labute approximate surface area is 109 Å². The van der Waals surface area contributed by atoms with Crippen molar-refractivity contribution in [3.63, 3.8) is 0 Å². The number of pyridine rings is 1. The van der Waals surface area contributed by atoms with E-state index in [0.29, 0.717) is 0 Å². The quantitative estimate of drug-likeness (QED) is 0.827. The third-order valence-corrected chi connectivity index (χ3v) is 3.82. The van der Waals surface area contributed by atoms with Crippen LogP contribution in [0.1, 0.15) is 52.5 Å². The van der Waals surface area contributed by atoms with E-state index >= 15 is 0 Å². The van der Waals surface area contributed by atoms with Crippen molar-refractivity contribution in [3.05, 3.63) is 29.8 Å². The monoisotopic (exact) mass is 250 g/mol. The molecule has 0 aromatic carbocycles. The first-order valence-electron chi connectivity index (χ1n) is 6.52. The lowest BCUT2D eigenvalue weighted by molar-refractivity contribution is 0.0467. The van der Waals surface area contributed by atoms with Crippen LogP contribution >= 0.6 is 0 Å². The SMILES string of the molecule is CC1(C)CC(C)(C)CC(N)(c2cncc(F)c2)C1. The lowest BCUT2D eigenvalue weighted by Crippen LogP contribution is -2.49. The summed E-state index contributed by atoms with van der Waals surface area (Å²) in [6.45, 7) is 8.95. The van der Waals surface area contributed by atoms with E-state index in [4.69, 9.17) is 5.73 Å². The van der Waals surface area contributed by atoms with Gasteiger partial charge in [-0.25, -0.2) is 4.39 Å². The molecule has 1 aliphatic rings. The lowest BCUT2D eigenvalue weighted by atomic mass is 9.57. The molecule has 0 aliphatic heterocycles. The highest BCUT2D eigenvalue weighted by molar-refractivity contribution is 5.23. The van der Waals surface area contributed by atoms with Crippen LogP contribution in [0.5, 0.6) is 0 Å². The Kier molecular flexibility index (Phi) is 3.01. The van der Waals surface area contributed by atoms with Crippen molar-refractivity contribution >= 4 is 0 Å².